The van der Waals surface area contributed by atoms with Crippen molar-refractivity contribution in [1.82, 2.24) is 9.97 Å². The second-order valence-electron chi connectivity index (χ2n) is 3.11. The second kappa shape index (κ2) is 4.15. The zero-order valence-electron chi connectivity index (χ0n) is 7.87. The summed E-state index contributed by atoms with van der Waals surface area (Å²) >= 11 is 11.6. The van der Waals surface area contributed by atoms with Crippen LogP contribution in [0.1, 0.15) is 0 Å². The average Bonchev–Trinajstić information content (AvgIpc) is 2.14. The third-order valence-electron chi connectivity index (χ3n) is 1.86. The van der Waals surface area contributed by atoms with Crippen LogP contribution in [0.5, 0.6) is 5.88 Å². The molecule has 1 aromatic carbocycles. The summed E-state index contributed by atoms with van der Waals surface area (Å²) < 4.78 is 0. The lowest BCUT2D eigenvalue weighted by molar-refractivity contribution is 0.452. The van der Waals surface area contributed by atoms with Gasteiger partial charge < -0.3 is 10.1 Å². The summed E-state index contributed by atoms with van der Waals surface area (Å²) in [5, 5.41) is 10.0. The van der Waals surface area contributed by atoms with Gasteiger partial charge in [-0.25, -0.2) is 0 Å². The maximum atomic E-state index is 11.1. The van der Waals surface area contributed by atoms with Gasteiger partial charge in [-0.05, 0) is 18.2 Å². The topological polar surface area (TPSA) is 66.0 Å². The number of aromatic amines is 1. The Morgan fingerprint density at radius 3 is 2.31 bits per heavy atom. The van der Waals surface area contributed by atoms with E-state index in [-0.39, 0.29) is 11.7 Å². The molecule has 0 saturated heterocycles. The van der Waals surface area contributed by atoms with Gasteiger partial charge in [-0.1, -0.05) is 23.2 Å². The number of H-pyrrole nitrogens is 1. The Bertz CT molecular complexity index is 575. The van der Waals surface area contributed by atoms with Crippen molar-refractivity contribution in [2.45, 2.75) is 0 Å². The van der Waals surface area contributed by atoms with Gasteiger partial charge in [0.15, 0.2) is 0 Å². The highest BCUT2D eigenvalue weighted by atomic mass is 35.5. The van der Waals surface area contributed by atoms with Gasteiger partial charge in [-0.2, -0.15) is 4.98 Å². The van der Waals surface area contributed by atoms with Crippen molar-refractivity contribution in [2.75, 3.05) is 0 Å². The minimum Gasteiger partial charge on any atom is -0.493 e. The van der Waals surface area contributed by atoms with E-state index in [1.54, 1.807) is 18.2 Å². The first-order chi connectivity index (χ1) is 7.54. The molecule has 2 N–H and O–H groups in total. The van der Waals surface area contributed by atoms with Crippen molar-refractivity contribution in [2.24, 2.45) is 0 Å². The first-order valence-corrected chi connectivity index (χ1v) is 5.07. The fourth-order valence-corrected chi connectivity index (χ4v) is 1.80. The first-order valence-electron chi connectivity index (χ1n) is 4.31. The molecule has 0 radical (unpaired) electrons. The molecule has 0 atom stereocenters. The molecular formula is C10H6Cl2N2O2. The largest absolute Gasteiger partial charge is 0.493 e. The molecule has 6 heteroatoms. The van der Waals surface area contributed by atoms with Gasteiger partial charge in [0.2, 0.25) is 5.88 Å². The fourth-order valence-electron chi connectivity index (χ4n) is 1.27. The zero-order valence-corrected chi connectivity index (χ0v) is 9.38. The molecule has 0 spiro atoms. The molecule has 0 unspecified atom stereocenters. The maximum absolute atomic E-state index is 11.1. The Morgan fingerprint density at radius 1 is 1.12 bits per heavy atom. The molecule has 0 saturated carbocycles. The fraction of sp³-hybridized carbons (Fsp3) is 0. The Morgan fingerprint density at radius 2 is 1.75 bits per heavy atom. The summed E-state index contributed by atoms with van der Waals surface area (Å²) in [5.74, 6) is -0.135. The van der Waals surface area contributed by atoms with E-state index in [1.165, 1.54) is 0 Å². The highest BCUT2D eigenvalue weighted by Crippen LogP contribution is 2.24. The van der Waals surface area contributed by atoms with Crippen LogP contribution in [0.2, 0.25) is 10.0 Å². The summed E-state index contributed by atoms with van der Waals surface area (Å²) in [6.07, 6.45) is 0. The molecule has 1 heterocycles. The minimum absolute atomic E-state index is 0.217. The second-order valence-corrected chi connectivity index (χ2v) is 3.98. The normalized spacial score (nSPS) is 10.4. The van der Waals surface area contributed by atoms with Crippen LogP contribution in [0.25, 0.3) is 11.4 Å². The van der Waals surface area contributed by atoms with Gasteiger partial charge in [-0.15, -0.1) is 0 Å². The lowest BCUT2D eigenvalue weighted by atomic mass is 10.2. The number of aromatic hydroxyl groups is 1. The molecule has 0 aliphatic carbocycles. The molecule has 0 bridgehead atoms. The van der Waals surface area contributed by atoms with Gasteiger partial charge in [-0.3, -0.25) is 4.79 Å². The van der Waals surface area contributed by atoms with Crippen LogP contribution < -0.4 is 5.56 Å². The Hall–Kier alpha value is -1.52. The molecule has 0 amide bonds. The number of hydrogen-bond donors (Lipinski definition) is 2. The highest BCUT2D eigenvalue weighted by Gasteiger charge is 2.05. The van der Waals surface area contributed by atoms with Gasteiger partial charge in [0, 0.05) is 15.6 Å². The summed E-state index contributed by atoms with van der Waals surface area (Å²) in [5.41, 5.74) is 0.0871. The zero-order chi connectivity index (χ0) is 11.7. The number of rotatable bonds is 1. The number of nitrogens with zero attached hydrogens (tertiary/aromatic N) is 1. The molecule has 0 aliphatic rings. The van der Waals surface area contributed by atoms with Gasteiger partial charge in [0.05, 0.1) is 6.07 Å². The number of halogens is 2. The Balaban J connectivity index is 2.62. The molecule has 1 aromatic heterocycles. The van der Waals surface area contributed by atoms with Crippen molar-refractivity contribution in [3.8, 4) is 17.3 Å². The number of nitrogens with one attached hydrogen (secondary N) is 1. The van der Waals surface area contributed by atoms with Crippen LogP contribution in [-0.2, 0) is 0 Å². The molecule has 82 valence electrons. The van der Waals surface area contributed by atoms with E-state index in [9.17, 15) is 9.90 Å². The quantitative estimate of drug-likeness (QED) is 0.824. The average molecular weight is 257 g/mol. The molecule has 0 fully saturated rings. The van der Waals surface area contributed by atoms with Crippen LogP contribution >= 0.6 is 23.2 Å². The lowest BCUT2D eigenvalue weighted by Gasteiger charge is -2.02. The smallest absolute Gasteiger partial charge is 0.254 e. The van der Waals surface area contributed by atoms with Gasteiger partial charge >= 0.3 is 0 Å². The van der Waals surface area contributed by atoms with Crippen LogP contribution in [0, 0.1) is 0 Å². The third-order valence-corrected chi connectivity index (χ3v) is 2.30. The van der Waals surface area contributed by atoms with E-state index in [0.29, 0.717) is 15.6 Å². The lowest BCUT2D eigenvalue weighted by Crippen LogP contribution is -2.06. The summed E-state index contributed by atoms with van der Waals surface area (Å²) in [6.45, 7) is 0. The Labute approximate surface area is 100 Å². The third kappa shape index (κ3) is 2.35. The van der Waals surface area contributed by atoms with Crippen LogP contribution in [0.3, 0.4) is 0 Å². The van der Waals surface area contributed by atoms with E-state index in [2.05, 4.69) is 9.97 Å². The molecular weight excluding hydrogens is 251 g/mol. The van der Waals surface area contributed by atoms with Crippen molar-refractivity contribution in [1.29, 1.82) is 0 Å². The van der Waals surface area contributed by atoms with Gasteiger partial charge in [0.25, 0.3) is 5.56 Å². The van der Waals surface area contributed by atoms with Crippen molar-refractivity contribution in [3.05, 3.63) is 44.7 Å². The molecule has 2 rings (SSSR count). The van der Waals surface area contributed by atoms with Crippen molar-refractivity contribution >= 4 is 23.2 Å². The van der Waals surface area contributed by atoms with Crippen molar-refractivity contribution < 1.29 is 5.11 Å². The van der Waals surface area contributed by atoms with E-state index in [1.807, 2.05) is 0 Å². The molecule has 2 aromatic rings. The van der Waals surface area contributed by atoms with E-state index in [0.717, 1.165) is 6.07 Å². The maximum Gasteiger partial charge on any atom is 0.254 e. The minimum atomic E-state index is -0.446. The summed E-state index contributed by atoms with van der Waals surface area (Å²) in [6, 6.07) is 5.72. The molecule has 16 heavy (non-hydrogen) atoms. The van der Waals surface area contributed by atoms with Crippen LogP contribution in [-0.4, -0.2) is 15.1 Å². The SMILES string of the molecule is O=c1cc(O)nc(-c2cc(Cl)cc(Cl)c2)[nH]1. The first kappa shape index (κ1) is 11.0. The summed E-state index contributed by atoms with van der Waals surface area (Å²) in [7, 11) is 0. The standard InChI is InChI=1S/C10H6Cl2N2O2/c11-6-1-5(2-7(12)3-6)10-13-8(15)4-9(16)14-10/h1-4H,(H2,13,14,15,16). The van der Waals surface area contributed by atoms with E-state index in [4.69, 9.17) is 23.2 Å². The number of benzene rings is 1. The number of aromatic nitrogens is 2. The van der Waals surface area contributed by atoms with Crippen molar-refractivity contribution in [3.63, 3.8) is 0 Å². The highest BCUT2D eigenvalue weighted by molar-refractivity contribution is 6.35. The Kier molecular flexibility index (Phi) is 2.85. The van der Waals surface area contributed by atoms with Crippen LogP contribution in [0.15, 0.2) is 29.1 Å². The summed E-state index contributed by atoms with van der Waals surface area (Å²) in [4.78, 5) is 17.4. The molecule has 4 nitrogen and oxygen atoms in total. The predicted molar refractivity (Wildman–Crippen MR) is 62.0 cm³/mol. The molecule has 0 aliphatic heterocycles. The van der Waals surface area contributed by atoms with E-state index < -0.39 is 5.56 Å². The van der Waals surface area contributed by atoms with E-state index >= 15 is 0 Å². The van der Waals surface area contributed by atoms with Crippen LogP contribution in [0.4, 0.5) is 0 Å². The number of hydrogen-bond acceptors (Lipinski definition) is 3. The van der Waals surface area contributed by atoms with Gasteiger partial charge in [0.1, 0.15) is 5.82 Å². The predicted octanol–water partition coefficient (Wildman–Crippen LogP) is 2.45. The monoisotopic (exact) mass is 256 g/mol.